The normalized spacial score (nSPS) is 27.2. The van der Waals surface area contributed by atoms with Crippen LogP contribution in [0.15, 0.2) is 60.7 Å². The molecule has 2 aromatic rings. The fourth-order valence-electron chi connectivity index (χ4n) is 5.54. The monoisotopic (exact) mass is 426 g/mol. The van der Waals surface area contributed by atoms with E-state index in [-0.39, 0.29) is 22.9 Å². The van der Waals surface area contributed by atoms with Gasteiger partial charge in [0.1, 0.15) is 5.78 Å². The van der Waals surface area contributed by atoms with Crippen LogP contribution in [0.2, 0.25) is 0 Å². The van der Waals surface area contributed by atoms with Crippen LogP contribution in [-0.2, 0) is 14.8 Å². The number of hydrogen-bond donors (Lipinski definition) is 2. The number of carbonyl (C=O) groups excluding carboxylic acids is 1. The molecule has 2 aromatic carbocycles. The fourth-order valence-corrected chi connectivity index (χ4v) is 7.62. The van der Waals surface area contributed by atoms with E-state index in [4.69, 9.17) is 5.73 Å². The van der Waals surface area contributed by atoms with E-state index >= 15 is 0 Å². The molecular formula is C24H30N2O3S. The minimum atomic E-state index is -3.76. The Morgan fingerprint density at radius 1 is 1.03 bits per heavy atom. The summed E-state index contributed by atoms with van der Waals surface area (Å²) in [7, 11) is -3.76. The van der Waals surface area contributed by atoms with E-state index in [1.54, 1.807) is 0 Å². The predicted octanol–water partition coefficient (Wildman–Crippen LogP) is 3.74. The minimum Gasteiger partial charge on any atom is -0.322 e. The van der Waals surface area contributed by atoms with Crippen LogP contribution < -0.4 is 10.5 Å². The van der Waals surface area contributed by atoms with Crippen LogP contribution in [-0.4, -0.2) is 20.0 Å². The molecule has 160 valence electrons. The maximum Gasteiger partial charge on any atom is 0.213 e. The highest BCUT2D eigenvalue weighted by Crippen LogP contribution is 2.64. The molecule has 0 aromatic heterocycles. The largest absolute Gasteiger partial charge is 0.322 e. The minimum absolute atomic E-state index is 0.0951. The number of hydrogen-bond acceptors (Lipinski definition) is 4. The number of nitrogens with two attached hydrogens (primary N) is 1. The van der Waals surface area contributed by atoms with Gasteiger partial charge in [0.2, 0.25) is 10.0 Å². The van der Waals surface area contributed by atoms with Crippen LogP contribution in [0, 0.1) is 16.7 Å². The average Bonchev–Trinajstić information content (AvgIpc) is 3.07. The molecule has 3 N–H and O–H groups in total. The summed E-state index contributed by atoms with van der Waals surface area (Å²) in [6.45, 7) is 4.10. The molecule has 0 heterocycles. The predicted molar refractivity (Wildman–Crippen MR) is 118 cm³/mol. The second-order valence-electron chi connectivity index (χ2n) is 9.37. The van der Waals surface area contributed by atoms with Gasteiger partial charge < -0.3 is 5.73 Å². The van der Waals surface area contributed by atoms with E-state index < -0.39 is 27.5 Å². The van der Waals surface area contributed by atoms with Gasteiger partial charge >= 0.3 is 0 Å². The van der Waals surface area contributed by atoms with E-state index in [9.17, 15) is 13.2 Å². The molecule has 2 bridgehead atoms. The molecule has 2 aliphatic carbocycles. The second kappa shape index (κ2) is 7.59. The van der Waals surface area contributed by atoms with Gasteiger partial charge in [0, 0.05) is 11.8 Å². The van der Waals surface area contributed by atoms with Gasteiger partial charge in [0.25, 0.3) is 0 Å². The smallest absolute Gasteiger partial charge is 0.213 e. The first-order valence-electron chi connectivity index (χ1n) is 10.6. The fraction of sp³-hybridized carbons (Fsp3) is 0.458. The zero-order valence-corrected chi connectivity index (χ0v) is 18.4. The third-order valence-corrected chi connectivity index (χ3v) is 9.07. The van der Waals surface area contributed by atoms with Crippen molar-refractivity contribution in [2.75, 3.05) is 5.75 Å². The van der Waals surface area contributed by atoms with E-state index in [1.807, 2.05) is 60.7 Å². The van der Waals surface area contributed by atoms with Crippen LogP contribution >= 0.6 is 0 Å². The van der Waals surface area contributed by atoms with Crippen molar-refractivity contribution in [2.24, 2.45) is 22.5 Å². The lowest BCUT2D eigenvalue weighted by molar-refractivity contribution is -0.128. The molecule has 4 atom stereocenters. The summed E-state index contributed by atoms with van der Waals surface area (Å²) >= 11 is 0. The summed E-state index contributed by atoms with van der Waals surface area (Å²) in [6, 6.07) is 17.7. The Bertz CT molecular complexity index is 1020. The number of rotatable bonds is 7. The lowest BCUT2D eigenvalue weighted by Crippen LogP contribution is -2.47. The van der Waals surface area contributed by atoms with Crippen LogP contribution in [0.1, 0.15) is 56.3 Å². The van der Waals surface area contributed by atoms with Crippen LogP contribution in [0.25, 0.3) is 0 Å². The Kier molecular flexibility index (Phi) is 5.37. The third-order valence-electron chi connectivity index (χ3n) is 7.58. The van der Waals surface area contributed by atoms with Gasteiger partial charge in [-0.2, -0.15) is 0 Å². The van der Waals surface area contributed by atoms with E-state index in [0.29, 0.717) is 12.8 Å². The van der Waals surface area contributed by atoms with Crippen molar-refractivity contribution in [1.29, 1.82) is 0 Å². The van der Waals surface area contributed by atoms with Crippen molar-refractivity contribution >= 4 is 15.8 Å². The van der Waals surface area contributed by atoms with Gasteiger partial charge in [-0.05, 0) is 35.3 Å². The number of nitrogens with one attached hydrogen (secondary N) is 1. The molecule has 2 unspecified atom stereocenters. The van der Waals surface area contributed by atoms with Crippen molar-refractivity contribution in [2.45, 2.75) is 45.2 Å². The number of ketones is 1. The quantitative estimate of drug-likeness (QED) is 0.706. The molecule has 2 aliphatic rings. The standard InChI is InChI=1S/C24H30N2O3S/c1-23(2)19-13-14-24(23,20(27)15-19)16-30(28,29)26-22(18-11-7-4-8-12-18)21(25)17-9-5-3-6-10-17/h3-12,19,21-22,26H,13-16,25H2,1-2H3/t19?,21-,22-,24?/m1/s1. The second-order valence-corrected chi connectivity index (χ2v) is 11.1. The first-order valence-corrected chi connectivity index (χ1v) is 12.2. The molecule has 0 aliphatic heterocycles. The maximum absolute atomic E-state index is 13.4. The van der Waals surface area contributed by atoms with Crippen LogP contribution in [0.4, 0.5) is 0 Å². The summed E-state index contributed by atoms with van der Waals surface area (Å²) in [5.41, 5.74) is 7.09. The van der Waals surface area contributed by atoms with E-state index in [1.165, 1.54) is 0 Å². The number of sulfonamides is 1. The summed E-state index contributed by atoms with van der Waals surface area (Å²) in [5, 5.41) is 0. The van der Waals surface area contributed by atoms with Gasteiger partial charge in [-0.15, -0.1) is 0 Å². The highest BCUT2D eigenvalue weighted by Gasteiger charge is 2.65. The van der Waals surface area contributed by atoms with E-state index in [2.05, 4.69) is 18.6 Å². The summed E-state index contributed by atoms with van der Waals surface area (Å²) in [4.78, 5) is 12.8. The maximum atomic E-state index is 13.4. The molecule has 2 saturated carbocycles. The Hall–Kier alpha value is -2.02. The van der Waals surface area contributed by atoms with Gasteiger partial charge in [-0.1, -0.05) is 74.5 Å². The molecule has 2 fully saturated rings. The molecule has 6 heteroatoms. The highest BCUT2D eigenvalue weighted by molar-refractivity contribution is 7.89. The summed E-state index contributed by atoms with van der Waals surface area (Å²) < 4.78 is 29.7. The van der Waals surface area contributed by atoms with Gasteiger partial charge in [-0.25, -0.2) is 13.1 Å². The Morgan fingerprint density at radius 3 is 2.10 bits per heavy atom. The Labute approximate surface area is 179 Å². The molecular weight excluding hydrogens is 396 g/mol. The molecule has 5 nitrogen and oxygen atoms in total. The van der Waals surface area contributed by atoms with Gasteiger partial charge in [0.15, 0.2) is 0 Å². The zero-order valence-electron chi connectivity index (χ0n) is 17.5. The Balaban J connectivity index is 1.65. The summed E-state index contributed by atoms with van der Waals surface area (Å²) in [5.74, 6) is 0.196. The van der Waals surface area contributed by atoms with Crippen molar-refractivity contribution in [3.8, 4) is 0 Å². The number of fused-ring (bicyclic) bond motifs is 2. The number of Topliss-reactive ketones (excluding diaryl/α,β-unsaturated/α-hetero) is 1. The average molecular weight is 427 g/mol. The van der Waals surface area contributed by atoms with Crippen LogP contribution in [0.5, 0.6) is 0 Å². The van der Waals surface area contributed by atoms with Crippen molar-refractivity contribution in [3.05, 3.63) is 71.8 Å². The SMILES string of the molecule is CC1(C)C2CCC1(CS(=O)(=O)N[C@H](c1ccccc1)[C@H](N)c1ccccc1)C(=O)C2. The van der Waals surface area contributed by atoms with Gasteiger partial charge in [0.05, 0.1) is 17.8 Å². The molecule has 30 heavy (non-hydrogen) atoms. The van der Waals surface area contributed by atoms with Crippen LogP contribution in [0.3, 0.4) is 0 Å². The molecule has 0 spiro atoms. The van der Waals surface area contributed by atoms with Crippen molar-refractivity contribution in [3.63, 3.8) is 0 Å². The van der Waals surface area contributed by atoms with Gasteiger partial charge in [-0.3, -0.25) is 4.79 Å². The summed E-state index contributed by atoms with van der Waals surface area (Å²) in [6.07, 6.45) is 2.05. The number of benzene rings is 2. The highest BCUT2D eigenvalue weighted by atomic mass is 32.2. The first-order chi connectivity index (χ1) is 14.2. The zero-order chi connectivity index (χ0) is 21.6. The topological polar surface area (TPSA) is 89.3 Å². The lowest BCUT2D eigenvalue weighted by atomic mass is 9.70. The molecule has 4 rings (SSSR count). The number of carbonyl (C=O) groups is 1. The first kappa shape index (κ1) is 21.2. The molecule has 0 radical (unpaired) electrons. The third kappa shape index (κ3) is 3.51. The molecule has 0 saturated heterocycles. The van der Waals surface area contributed by atoms with E-state index in [0.717, 1.165) is 17.5 Å². The van der Waals surface area contributed by atoms with Crippen molar-refractivity contribution < 1.29 is 13.2 Å². The molecule has 0 amide bonds. The lowest BCUT2D eigenvalue weighted by Gasteiger charge is -2.37. The van der Waals surface area contributed by atoms with Crippen molar-refractivity contribution in [1.82, 2.24) is 4.72 Å². The Morgan fingerprint density at radius 2 is 1.60 bits per heavy atom.